The monoisotopic (exact) mass is 710 g/mol. The van der Waals surface area contributed by atoms with Crippen molar-refractivity contribution in [3.63, 3.8) is 0 Å². The molecule has 4 aromatic rings. The van der Waals surface area contributed by atoms with E-state index in [2.05, 4.69) is 137 Å². The molecule has 0 aromatic heterocycles. The summed E-state index contributed by atoms with van der Waals surface area (Å²) in [7, 11) is -4.04. The highest BCUT2D eigenvalue weighted by molar-refractivity contribution is 7.95. The third kappa shape index (κ3) is 7.26. The number of hydrogen-bond acceptors (Lipinski definition) is 3. The minimum absolute atomic E-state index is 0. The second-order valence-corrected chi connectivity index (χ2v) is 20.9. The molecule has 222 valence electrons. The molecule has 6 heteroatoms. The van der Waals surface area contributed by atoms with Gasteiger partial charge in [-0.25, -0.2) is 0 Å². The van der Waals surface area contributed by atoms with Gasteiger partial charge in [-0.1, -0.05) is 106 Å². The zero-order chi connectivity index (χ0) is 28.9. The SMILES string of the molecule is CC(C)(C)[Si](C)(C)O[C@@H]1CO[C@@H](c2ccccc2)O[C@H]1CC[P+](c1ccccc1)(c1ccccc1)c1ccccc1.[I-]. The molecule has 0 N–H and O–H groups in total. The van der Waals surface area contributed by atoms with Crippen LogP contribution in [0.4, 0.5) is 0 Å². The molecule has 0 radical (unpaired) electrons. The highest BCUT2D eigenvalue weighted by atomic mass is 127. The van der Waals surface area contributed by atoms with Crippen LogP contribution in [0.25, 0.3) is 0 Å². The molecular formula is C36H44IO3PSi. The summed E-state index contributed by atoms with van der Waals surface area (Å²) in [4.78, 5) is 0. The fraction of sp³-hybridized carbons (Fsp3) is 0.333. The molecule has 3 atom stereocenters. The topological polar surface area (TPSA) is 27.7 Å². The van der Waals surface area contributed by atoms with Crippen LogP contribution in [0.5, 0.6) is 0 Å². The van der Waals surface area contributed by atoms with Gasteiger partial charge in [0, 0.05) is 12.0 Å². The van der Waals surface area contributed by atoms with Crippen molar-refractivity contribution in [3.8, 4) is 0 Å². The van der Waals surface area contributed by atoms with Crippen LogP contribution in [0, 0.1) is 0 Å². The molecular weight excluding hydrogens is 666 g/mol. The predicted octanol–water partition coefficient (Wildman–Crippen LogP) is 4.88. The number of ether oxygens (including phenoxy) is 2. The lowest BCUT2D eigenvalue weighted by molar-refractivity contribution is -0.253. The lowest BCUT2D eigenvalue weighted by Crippen LogP contribution is -3.00. The van der Waals surface area contributed by atoms with Crippen LogP contribution >= 0.6 is 7.26 Å². The van der Waals surface area contributed by atoms with Gasteiger partial charge in [-0.2, -0.15) is 0 Å². The van der Waals surface area contributed by atoms with Crippen LogP contribution in [0.2, 0.25) is 18.1 Å². The normalized spacial score (nSPS) is 19.6. The predicted molar refractivity (Wildman–Crippen MR) is 177 cm³/mol. The molecule has 0 saturated carbocycles. The van der Waals surface area contributed by atoms with Gasteiger partial charge in [0.1, 0.15) is 23.2 Å². The maximum absolute atomic E-state index is 7.02. The standard InChI is InChI=1S/C36H44O3PSi.HI/c1-36(2,3)41(4,5)39-34-28-37-35(29-18-10-6-11-19-29)38-33(34)26-27-40(30-20-12-7-13-21-30,31-22-14-8-15-23-31)32-24-16-9-17-25-32;/h6-25,33-35H,26-28H2,1-5H3;1H/q+1;/p-1/t33-,34+,35+;/m0./s1. The van der Waals surface area contributed by atoms with E-state index in [0.29, 0.717) is 6.61 Å². The Bertz CT molecular complexity index is 1270. The fourth-order valence-corrected chi connectivity index (χ4v) is 11.2. The van der Waals surface area contributed by atoms with Crippen LogP contribution in [0.15, 0.2) is 121 Å². The first-order chi connectivity index (χ1) is 19.7. The average molecular weight is 711 g/mol. The van der Waals surface area contributed by atoms with E-state index >= 15 is 0 Å². The van der Waals surface area contributed by atoms with E-state index in [4.69, 9.17) is 13.9 Å². The Morgan fingerprint density at radius 2 is 1.14 bits per heavy atom. The van der Waals surface area contributed by atoms with E-state index in [-0.39, 0.29) is 41.2 Å². The van der Waals surface area contributed by atoms with Crippen molar-refractivity contribution >= 4 is 31.5 Å². The van der Waals surface area contributed by atoms with Gasteiger partial charge < -0.3 is 37.9 Å². The molecule has 0 bridgehead atoms. The highest BCUT2D eigenvalue weighted by Crippen LogP contribution is 2.56. The van der Waals surface area contributed by atoms with Crippen LogP contribution < -0.4 is 39.9 Å². The van der Waals surface area contributed by atoms with E-state index < -0.39 is 21.9 Å². The maximum Gasteiger partial charge on any atom is 0.192 e. The summed E-state index contributed by atoms with van der Waals surface area (Å²) >= 11 is 0. The summed E-state index contributed by atoms with van der Waals surface area (Å²) in [5.41, 5.74) is 1.05. The summed E-state index contributed by atoms with van der Waals surface area (Å²) in [5, 5.41) is 4.28. The maximum atomic E-state index is 7.02. The summed E-state index contributed by atoms with van der Waals surface area (Å²) < 4.78 is 20.2. The van der Waals surface area contributed by atoms with Gasteiger partial charge in [0.15, 0.2) is 14.6 Å². The molecule has 1 aliphatic heterocycles. The third-order valence-corrected chi connectivity index (χ3v) is 17.8. The van der Waals surface area contributed by atoms with Crippen molar-refractivity contribution in [3.05, 3.63) is 127 Å². The van der Waals surface area contributed by atoms with Gasteiger partial charge in [-0.15, -0.1) is 0 Å². The summed E-state index contributed by atoms with van der Waals surface area (Å²) in [6.07, 6.45) is 1.27. The van der Waals surface area contributed by atoms with Crippen molar-refractivity contribution in [1.29, 1.82) is 0 Å². The summed E-state index contributed by atoms with van der Waals surface area (Å²) in [5.74, 6) is 0. The summed E-state index contributed by atoms with van der Waals surface area (Å²) in [6.45, 7) is 12.1. The fourth-order valence-electron chi connectivity index (χ4n) is 5.48. The Morgan fingerprint density at radius 3 is 1.57 bits per heavy atom. The van der Waals surface area contributed by atoms with E-state index in [9.17, 15) is 0 Å². The smallest absolute Gasteiger partial charge is 0.192 e. The molecule has 0 amide bonds. The largest absolute Gasteiger partial charge is 1.00 e. The van der Waals surface area contributed by atoms with Gasteiger partial charge >= 0.3 is 0 Å². The average Bonchev–Trinajstić information content (AvgIpc) is 2.99. The van der Waals surface area contributed by atoms with Crippen LogP contribution in [-0.2, 0) is 13.9 Å². The van der Waals surface area contributed by atoms with E-state index in [1.165, 1.54) is 15.9 Å². The molecule has 1 saturated heterocycles. The van der Waals surface area contributed by atoms with Gasteiger partial charge in [-0.05, 0) is 54.5 Å². The molecule has 0 aliphatic carbocycles. The molecule has 1 heterocycles. The minimum atomic E-state index is -2.05. The molecule has 5 rings (SSSR count). The Balaban J connectivity index is 0.00000405. The second kappa shape index (κ2) is 14.3. The highest BCUT2D eigenvalue weighted by Gasteiger charge is 2.48. The molecule has 4 aromatic carbocycles. The lowest BCUT2D eigenvalue weighted by atomic mass is 10.1. The Hall–Kier alpha value is -1.86. The van der Waals surface area contributed by atoms with Gasteiger partial charge in [0.25, 0.3) is 0 Å². The molecule has 0 unspecified atom stereocenters. The van der Waals surface area contributed by atoms with E-state index in [1.54, 1.807) is 0 Å². The van der Waals surface area contributed by atoms with Crippen molar-refractivity contribution in [1.82, 2.24) is 0 Å². The minimum Gasteiger partial charge on any atom is -1.00 e. The Labute approximate surface area is 271 Å². The van der Waals surface area contributed by atoms with Crippen molar-refractivity contribution < 1.29 is 37.9 Å². The Morgan fingerprint density at radius 1 is 0.714 bits per heavy atom. The van der Waals surface area contributed by atoms with Gasteiger partial charge in [0.05, 0.1) is 25.0 Å². The number of rotatable bonds is 9. The number of halogens is 1. The van der Waals surface area contributed by atoms with Gasteiger partial charge in [0.2, 0.25) is 0 Å². The second-order valence-electron chi connectivity index (χ2n) is 12.5. The molecule has 42 heavy (non-hydrogen) atoms. The zero-order valence-electron chi connectivity index (χ0n) is 25.5. The molecule has 3 nitrogen and oxygen atoms in total. The zero-order valence-corrected chi connectivity index (χ0v) is 29.5. The van der Waals surface area contributed by atoms with Crippen molar-refractivity contribution in [2.45, 2.75) is 63.8 Å². The van der Waals surface area contributed by atoms with Crippen molar-refractivity contribution in [2.75, 3.05) is 12.8 Å². The molecule has 0 spiro atoms. The molecule has 1 fully saturated rings. The lowest BCUT2D eigenvalue weighted by Gasteiger charge is -2.44. The number of benzene rings is 4. The van der Waals surface area contributed by atoms with E-state index in [0.717, 1.165) is 18.1 Å². The van der Waals surface area contributed by atoms with Crippen LogP contribution in [-0.4, -0.2) is 33.3 Å². The van der Waals surface area contributed by atoms with E-state index in [1.807, 2.05) is 18.2 Å². The number of hydrogen-bond donors (Lipinski definition) is 0. The first kappa shape index (κ1) is 33.0. The summed E-state index contributed by atoms with van der Waals surface area (Å²) in [6, 6.07) is 43.6. The first-order valence-corrected chi connectivity index (χ1v) is 19.6. The Kier molecular flexibility index (Phi) is 11.2. The van der Waals surface area contributed by atoms with Crippen molar-refractivity contribution in [2.24, 2.45) is 0 Å². The first-order valence-electron chi connectivity index (χ1n) is 14.8. The molecule has 1 aliphatic rings. The van der Waals surface area contributed by atoms with Crippen LogP contribution in [0.1, 0.15) is 39.0 Å². The quantitative estimate of drug-likeness (QED) is 0.141. The van der Waals surface area contributed by atoms with Crippen LogP contribution in [0.3, 0.4) is 0 Å². The van der Waals surface area contributed by atoms with Gasteiger partial charge in [-0.3, -0.25) is 0 Å². The third-order valence-electron chi connectivity index (χ3n) is 8.79.